The molecule has 0 amide bonds. The van der Waals surface area contributed by atoms with Crippen molar-refractivity contribution in [1.82, 2.24) is 0 Å². The fraction of sp³-hybridized carbons (Fsp3) is 0.333. The molecule has 0 saturated heterocycles. The third-order valence-corrected chi connectivity index (χ3v) is 4.93. The van der Waals surface area contributed by atoms with Gasteiger partial charge in [0.05, 0.1) is 16.8 Å². The van der Waals surface area contributed by atoms with Crippen LogP contribution in [0.4, 0.5) is 5.69 Å². The van der Waals surface area contributed by atoms with E-state index in [1.54, 1.807) is 6.92 Å². The number of anilines is 1. The van der Waals surface area contributed by atoms with Crippen LogP contribution in [0.2, 0.25) is 5.02 Å². The summed E-state index contributed by atoms with van der Waals surface area (Å²) >= 11 is 8.20. The number of hydrogen-bond acceptors (Lipinski definition) is 3. The smallest absolute Gasteiger partial charge is 0.0762 e. The first kappa shape index (κ1) is 13.0. The minimum absolute atomic E-state index is 0.476. The molecule has 1 atom stereocenters. The van der Waals surface area contributed by atoms with Crippen molar-refractivity contribution in [3.8, 4) is 0 Å². The van der Waals surface area contributed by atoms with E-state index in [2.05, 4.69) is 16.3 Å². The lowest BCUT2D eigenvalue weighted by atomic mass is 10.1. The molecule has 2 heterocycles. The van der Waals surface area contributed by atoms with Gasteiger partial charge in [-0.25, -0.2) is 0 Å². The van der Waals surface area contributed by atoms with Crippen LogP contribution in [-0.2, 0) is 13.0 Å². The Balaban J connectivity index is 1.88. The summed E-state index contributed by atoms with van der Waals surface area (Å²) in [6.07, 6.45) is 0.609. The molecule has 1 aliphatic rings. The van der Waals surface area contributed by atoms with Crippen molar-refractivity contribution in [2.45, 2.75) is 26.0 Å². The van der Waals surface area contributed by atoms with Crippen LogP contribution in [0, 0.1) is 0 Å². The Labute approximate surface area is 122 Å². The number of thiophene rings is 1. The van der Waals surface area contributed by atoms with Crippen molar-refractivity contribution in [1.29, 1.82) is 0 Å². The maximum Gasteiger partial charge on any atom is 0.0762 e. The Bertz CT molecular complexity index is 594. The van der Waals surface area contributed by atoms with Crippen LogP contribution >= 0.6 is 22.9 Å². The van der Waals surface area contributed by atoms with Crippen molar-refractivity contribution >= 4 is 28.6 Å². The molecule has 1 aromatic heterocycles. The maximum absolute atomic E-state index is 9.58. The van der Waals surface area contributed by atoms with Crippen LogP contribution in [0.25, 0.3) is 0 Å². The molecule has 0 aliphatic carbocycles. The van der Waals surface area contributed by atoms with Crippen LogP contribution in [0.1, 0.15) is 29.0 Å². The molecule has 4 heteroatoms. The monoisotopic (exact) mass is 293 g/mol. The van der Waals surface area contributed by atoms with Crippen LogP contribution in [-0.4, -0.2) is 11.7 Å². The molecule has 2 nitrogen and oxygen atoms in total. The maximum atomic E-state index is 9.58. The molecule has 19 heavy (non-hydrogen) atoms. The Kier molecular flexibility index (Phi) is 3.52. The first-order valence-corrected chi connectivity index (χ1v) is 7.68. The van der Waals surface area contributed by atoms with Gasteiger partial charge in [-0.05, 0) is 48.1 Å². The van der Waals surface area contributed by atoms with Gasteiger partial charge in [-0.3, -0.25) is 0 Å². The van der Waals surface area contributed by atoms with Gasteiger partial charge >= 0.3 is 0 Å². The zero-order valence-corrected chi connectivity index (χ0v) is 12.3. The Morgan fingerprint density at radius 2 is 2.21 bits per heavy atom. The van der Waals surface area contributed by atoms with Gasteiger partial charge in [0.25, 0.3) is 0 Å². The predicted molar refractivity (Wildman–Crippen MR) is 81.2 cm³/mol. The first-order valence-electron chi connectivity index (χ1n) is 6.43. The summed E-state index contributed by atoms with van der Waals surface area (Å²) in [4.78, 5) is 3.80. The van der Waals surface area contributed by atoms with Gasteiger partial charge < -0.3 is 10.0 Å². The van der Waals surface area contributed by atoms with Crippen molar-refractivity contribution in [2.75, 3.05) is 11.4 Å². The van der Waals surface area contributed by atoms with E-state index in [4.69, 9.17) is 11.6 Å². The van der Waals surface area contributed by atoms with Crippen LogP contribution in [0.15, 0.2) is 29.6 Å². The molecule has 3 rings (SSSR count). The zero-order chi connectivity index (χ0) is 13.4. The van der Waals surface area contributed by atoms with E-state index < -0.39 is 6.10 Å². The SMILES string of the molecule is CC(O)c1ccc(N2CCc3sccc3C2)c(Cl)c1. The van der Waals surface area contributed by atoms with E-state index in [1.165, 1.54) is 10.4 Å². The Morgan fingerprint density at radius 3 is 2.95 bits per heavy atom. The van der Waals surface area contributed by atoms with Gasteiger partial charge in [-0.2, -0.15) is 0 Å². The zero-order valence-electron chi connectivity index (χ0n) is 10.8. The van der Waals surface area contributed by atoms with Gasteiger partial charge in [0.2, 0.25) is 0 Å². The molecule has 0 bridgehead atoms. The number of hydrogen-bond donors (Lipinski definition) is 1. The van der Waals surface area contributed by atoms with Gasteiger partial charge in [-0.1, -0.05) is 17.7 Å². The summed E-state index contributed by atoms with van der Waals surface area (Å²) < 4.78 is 0. The molecule has 1 aromatic carbocycles. The number of rotatable bonds is 2. The highest BCUT2D eigenvalue weighted by Crippen LogP contribution is 2.33. The third kappa shape index (κ3) is 2.50. The molecular weight excluding hydrogens is 278 g/mol. The lowest BCUT2D eigenvalue weighted by Crippen LogP contribution is -2.29. The summed E-state index contributed by atoms with van der Waals surface area (Å²) in [5.74, 6) is 0. The average Bonchev–Trinajstić information content (AvgIpc) is 2.85. The van der Waals surface area contributed by atoms with Gasteiger partial charge in [-0.15, -0.1) is 11.3 Å². The second-order valence-electron chi connectivity index (χ2n) is 4.93. The quantitative estimate of drug-likeness (QED) is 0.904. The second kappa shape index (κ2) is 5.16. The molecule has 100 valence electrons. The number of aliphatic hydroxyl groups excluding tert-OH is 1. The van der Waals surface area contributed by atoms with E-state index in [9.17, 15) is 5.11 Å². The molecule has 1 N–H and O–H groups in total. The Morgan fingerprint density at radius 1 is 1.37 bits per heavy atom. The van der Waals surface area contributed by atoms with Crippen LogP contribution < -0.4 is 4.90 Å². The topological polar surface area (TPSA) is 23.5 Å². The number of benzene rings is 1. The van der Waals surface area contributed by atoms with Gasteiger partial charge in [0.1, 0.15) is 0 Å². The highest BCUT2D eigenvalue weighted by atomic mass is 35.5. The van der Waals surface area contributed by atoms with Crippen molar-refractivity contribution in [2.24, 2.45) is 0 Å². The second-order valence-corrected chi connectivity index (χ2v) is 6.34. The summed E-state index contributed by atoms with van der Waals surface area (Å²) in [6.45, 7) is 3.68. The molecule has 1 unspecified atom stereocenters. The van der Waals surface area contributed by atoms with E-state index in [0.717, 1.165) is 35.8 Å². The van der Waals surface area contributed by atoms with Crippen molar-refractivity contribution in [3.63, 3.8) is 0 Å². The highest BCUT2D eigenvalue weighted by molar-refractivity contribution is 7.10. The number of nitrogens with zero attached hydrogens (tertiary/aromatic N) is 1. The lowest BCUT2D eigenvalue weighted by molar-refractivity contribution is 0.199. The normalized spacial score (nSPS) is 16.3. The summed E-state index contributed by atoms with van der Waals surface area (Å²) in [7, 11) is 0. The van der Waals surface area contributed by atoms with E-state index in [0.29, 0.717) is 0 Å². The molecule has 0 radical (unpaired) electrons. The predicted octanol–water partition coefficient (Wildman–Crippen LogP) is 4.02. The summed E-state index contributed by atoms with van der Waals surface area (Å²) in [6, 6.07) is 8.03. The molecule has 0 saturated carbocycles. The fourth-order valence-corrected chi connectivity index (χ4v) is 3.69. The van der Waals surface area contributed by atoms with Gasteiger partial charge in [0.15, 0.2) is 0 Å². The van der Waals surface area contributed by atoms with Crippen molar-refractivity contribution in [3.05, 3.63) is 50.7 Å². The van der Waals surface area contributed by atoms with Crippen LogP contribution in [0.5, 0.6) is 0 Å². The molecule has 2 aromatic rings. The molecular formula is C15H16ClNOS. The van der Waals surface area contributed by atoms with Crippen molar-refractivity contribution < 1.29 is 5.11 Å². The number of aliphatic hydroxyl groups is 1. The molecule has 0 spiro atoms. The third-order valence-electron chi connectivity index (χ3n) is 3.60. The highest BCUT2D eigenvalue weighted by Gasteiger charge is 2.19. The van der Waals surface area contributed by atoms with E-state index in [1.807, 2.05) is 29.5 Å². The number of fused-ring (bicyclic) bond motifs is 1. The molecule has 1 aliphatic heterocycles. The summed E-state index contributed by atoms with van der Waals surface area (Å²) in [5, 5.41) is 12.5. The minimum Gasteiger partial charge on any atom is -0.389 e. The van der Waals surface area contributed by atoms with Crippen LogP contribution in [0.3, 0.4) is 0 Å². The van der Waals surface area contributed by atoms with E-state index >= 15 is 0 Å². The lowest BCUT2D eigenvalue weighted by Gasteiger charge is -2.30. The largest absolute Gasteiger partial charge is 0.389 e. The minimum atomic E-state index is -0.476. The first-order chi connectivity index (χ1) is 9.15. The number of halogens is 1. The van der Waals surface area contributed by atoms with E-state index in [-0.39, 0.29) is 0 Å². The Hall–Kier alpha value is -1.03. The average molecular weight is 294 g/mol. The standard InChI is InChI=1S/C15H16ClNOS/c1-10(18)11-2-3-14(13(16)8-11)17-6-4-15-12(9-17)5-7-19-15/h2-3,5,7-8,10,18H,4,6,9H2,1H3. The fourth-order valence-electron chi connectivity index (χ4n) is 2.49. The van der Waals surface area contributed by atoms with Gasteiger partial charge in [0, 0.05) is 18.0 Å². The molecule has 0 fully saturated rings. The summed E-state index contributed by atoms with van der Waals surface area (Å²) in [5.41, 5.74) is 3.33.